The highest BCUT2D eigenvalue weighted by Gasteiger charge is 2.22. The van der Waals surface area contributed by atoms with Crippen LogP contribution in [0, 0.1) is 0 Å². The van der Waals surface area contributed by atoms with Gasteiger partial charge in [-0.2, -0.15) is 0 Å². The fourth-order valence-corrected chi connectivity index (χ4v) is 4.43. The summed E-state index contributed by atoms with van der Waals surface area (Å²) in [5.74, 6) is 1.05. The number of carbonyl (C=O) groups excluding carboxylic acids is 1. The number of anilines is 3. The number of aromatic nitrogens is 4. The Labute approximate surface area is 213 Å². The van der Waals surface area contributed by atoms with Crippen LogP contribution in [0.15, 0.2) is 55.0 Å². The van der Waals surface area contributed by atoms with Crippen molar-refractivity contribution in [3.8, 4) is 17.1 Å². The number of hydrogen-bond donors (Lipinski definition) is 1. The number of nitrogens with one attached hydrogen (secondary N) is 1. The van der Waals surface area contributed by atoms with Crippen LogP contribution >= 0.6 is 11.6 Å². The van der Waals surface area contributed by atoms with E-state index in [0.29, 0.717) is 35.5 Å². The molecular formula is C25H26ClN7O3. The van der Waals surface area contributed by atoms with Crippen molar-refractivity contribution >= 4 is 40.5 Å². The van der Waals surface area contributed by atoms with Crippen LogP contribution in [0.25, 0.3) is 17.0 Å². The van der Waals surface area contributed by atoms with Crippen LogP contribution in [0.5, 0.6) is 5.75 Å². The van der Waals surface area contributed by atoms with Gasteiger partial charge >= 0.3 is 0 Å². The smallest absolute Gasteiger partial charge is 0.248 e. The standard InChI is InChI=1S/C25H26ClN7O3/c1-35-16-23(34)32-11-9-31(10-12-32)17-6-7-19(21(13-17)36-2)29-25-28-14-18(26)24(30-25)20-15-27-22-5-3-4-8-33(20)22/h3-8,13-15H,9-12,16H2,1-2H3,(H,28,29,30). The zero-order valence-corrected chi connectivity index (χ0v) is 20.8. The number of pyridine rings is 1. The number of imidazole rings is 1. The highest BCUT2D eigenvalue weighted by molar-refractivity contribution is 6.32. The second-order valence-corrected chi connectivity index (χ2v) is 8.68. The predicted molar refractivity (Wildman–Crippen MR) is 138 cm³/mol. The Hall–Kier alpha value is -3.89. The molecule has 1 amide bonds. The van der Waals surface area contributed by atoms with E-state index in [2.05, 4.69) is 25.2 Å². The molecule has 0 spiro atoms. The molecule has 1 aliphatic rings. The lowest BCUT2D eigenvalue weighted by atomic mass is 10.2. The number of fused-ring (bicyclic) bond motifs is 1. The number of rotatable bonds is 7. The van der Waals surface area contributed by atoms with Gasteiger partial charge in [-0.1, -0.05) is 17.7 Å². The molecule has 0 bridgehead atoms. The first-order valence-electron chi connectivity index (χ1n) is 11.5. The van der Waals surface area contributed by atoms with E-state index in [1.807, 2.05) is 51.9 Å². The Balaban J connectivity index is 1.34. The van der Waals surface area contributed by atoms with Crippen LogP contribution in [0.3, 0.4) is 0 Å². The molecule has 0 unspecified atom stereocenters. The topological polar surface area (TPSA) is 97.1 Å². The van der Waals surface area contributed by atoms with Crippen LogP contribution in [0.1, 0.15) is 0 Å². The van der Waals surface area contributed by atoms with Crippen molar-refractivity contribution in [2.24, 2.45) is 0 Å². The van der Waals surface area contributed by atoms with Crippen LogP contribution in [-0.4, -0.2) is 77.2 Å². The number of carbonyl (C=O) groups is 1. The Morgan fingerprint density at radius 3 is 2.69 bits per heavy atom. The molecule has 0 atom stereocenters. The van der Waals surface area contributed by atoms with Gasteiger partial charge in [-0.3, -0.25) is 9.20 Å². The van der Waals surface area contributed by atoms with Crippen LogP contribution < -0.4 is 15.0 Å². The molecule has 0 radical (unpaired) electrons. The van der Waals surface area contributed by atoms with E-state index in [4.69, 9.17) is 21.1 Å². The number of nitrogens with zero attached hydrogens (tertiary/aromatic N) is 6. The van der Waals surface area contributed by atoms with E-state index in [1.165, 1.54) is 7.11 Å². The second-order valence-electron chi connectivity index (χ2n) is 8.27. The van der Waals surface area contributed by atoms with Crippen molar-refractivity contribution in [2.75, 3.05) is 57.2 Å². The summed E-state index contributed by atoms with van der Waals surface area (Å²) in [6, 6.07) is 11.7. The molecule has 1 aliphatic heterocycles. The molecular weight excluding hydrogens is 482 g/mol. The Kier molecular flexibility index (Phi) is 6.88. The van der Waals surface area contributed by atoms with Crippen LogP contribution in [-0.2, 0) is 9.53 Å². The summed E-state index contributed by atoms with van der Waals surface area (Å²) in [7, 11) is 3.16. The third-order valence-electron chi connectivity index (χ3n) is 6.10. The minimum atomic E-state index is 0.0144. The van der Waals surface area contributed by atoms with E-state index in [9.17, 15) is 4.79 Å². The van der Waals surface area contributed by atoms with Crippen molar-refractivity contribution < 1.29 is 14.3 Å². The lowest BCUT2D eigenvalue weighted by Crippen LogP contribution is -2.49. The third-order valence-corrected chi connectivity index (χ3v) is 6.38. The van der Waals surface area contributed by atoms with Crippen molar-refractivity contribution in [2.45, 2.75) is 0 Å². The van der Waals surface area contributed by atoms with E-state index < -0.39 is 0 Å². The Bertz CT molecular complexity index is 1390. The summed E-state index contributed by atoms with van der Waals surface area (Å²) >= 11 is 6.45. The number of piperazine rings is 1. The Morgan fingerprint density at radius 1 is 1.08 bits per heavy atom. The first-order chi connectivity index (χ1) is 17.6. The quantitative estimate of drug-likeness (QED) is 0.406. The molecule has 4 aromatic rings. The zero-order chi connectivity index (χ0) is 25.1. The summed E-state index contributed by atoms with van der Waals surface area (Å²) in [6.07, 6.45) is 5.23. The van der Waals surface area contributed by atoms with E-state index >= 15 is 0 Å². The fourth-order valence-electron chi connectivity index (χ4n) is 4.24. The molecule has 0 saturated carbocycles. The van der Waals surface area contributed by atoms with Crippen LogP contribution in [0.2, 0.25) is 5.02 Å². The van der Waals surface area contributed by atoms with Gasteiger partial charge in [0.1, 0.15) is 23.7 Å². The highest BCUT2D eigenvalue weighted by Crippen LogP contribution is 2.33. The van der Waals surface area contributed by atoms with Gasteiger partial charge in [-0.25, -0.2) is 15.0 Å². The molecule has 10 nitrogen and oxygen atoms in total. The number of halogens is 1. The minimum Gasteiger partial charge on any atom is -0.494 e. The molecule has 36 heavy (non-hydrogen) atoms. The maximum Gasteiger partial charge on any atom is 0.248 e. The van der Waals surface area contributed by atoms with Crippen molar-refractivity contribution in [3.63, 3.8) is 0 Å². The highest BCUT2D eigenvalue weighted by atomic mass is 35.5. The van der Waals surface area contributed by atoms with Crippen molar-refractivity contribution in [1.82, 2.24) is 24.3 Å². The summed E-state index contributed by atoms with van der Waals surface area (Å²) in [6.45, 7) is 2.87. The SMILES string of the molecule is COCC(=O)N1CCN(c2ccc(Nc3ncc(Cl)c(-c4cnc5ccccn45)n3)c(OC)c2)CC1. The summed E-state index contributed by atoms with van der Waals surface area (Å²) in [5, 5.41) is 3.67. The average Bonchev–Trinajstić information content (AvgIpc) is 3.34. The van der Waals surface area contributed by atoms with Crippen molar-refractivity contribution in [3.05, 3.63) is 60.0 Å². The lowest BCUT2D eigenvalue weighted by Gasteiger charge is -2.36. The fraction of sp³-hybridized carbons (Fsp3) is 0.280. The molecule has 1 saturated heterocycles. The molecule has 3 aromatic heterocycles. The number of hydrogen-bond acceptors (Lipinski definition) is 8. The minimum absolute atomic E-state index is 0.0144. The summed E-state index contributed by atoms with van der Waals surface area (Å²) in [5.41, 5.74) is 3.88. The van der Waals surface area contributed by atoms with E-state index in [0.717, 1.165) is 35.8 Å². The molecule has 11 heteroatoms. The van der Waals surface area contributed by atoms with Gasteiger partial charge in [0.2, 0.25) is 11.9 Å². The number of amides is 1. The predicted octanol–water partition coefficient (Wildman–Crippen LogP) is 3.49. The number of methoxy groups -OCH3 is 2. The van der Waals surface area contributed by atoms with E-state index in [1.54, 1.807) is 19.5 Å². The maximum atomic E-state index is 12.1. The normalized spacial score (nSPS) is 13.8. The molecule has 5 rings (SSSR count). The lowest BCUT2D eigenvalue weighted by molar-refractivity contribution is -0.135. The van der Waals surface area contributed by atoms with Crippen LogP contribution in [0.4, 0.5) is 17.3 Å². The largest absolute Gasteiger partial charge is 0.494 e. The Morgan fingerprint density at radius 2 is 1.92 bits per heavy atom. The van der Waals surface area contributed by atoms with Gasteiger partial charge in [0.05, 0.1) is 35.9 Å². The molecule has 1 N–H and O–H groups in total. The number of ether oxygens (including phenoxy) is 2. The first kappa shape index (κ1) is 23.8. The first-order valence-corrected chi connectivity index (χ1v) is 11.9. The maximum absolute atomic E-state index is 12.1. The molecule has 1 aromatic carbocycles. The summed E-state index contributed by atoms with van der Waals surface area (Å²) in [4.78, 5) is 29.6. The average molecular weight is 508 g/mol. The van der Waals surface area contributed by atoms with Gasteiger partial charge in [0.15, 0.2) is 0 Å². The second kappa shape index (κ2) is 10.4. The zero-order valence-electron chi connectivity index (χ0n) is 20.0. The van der Waals surface area contributed by atoms with Gasteiger partial charge in [0, 0.05) is 51.2 Å². The molecule has 1 fully saturated rings. The molecule has 0 aliphatic carbocycles. The third kappa shape index (κ3) is 4.77. The summed E-state index contributed by atoms with van der Waals surface area (Å²) < 4.78 is 12.5. The van der Waals surface area contributed by atoms with Gasteiger partial charge in [-0.15, -0.1) is 0 Å². The van der Waals surface area contributed by atoms with E-state index in [-0.39, 0.29) is 12.5 Å². The van der Waals surface area contributed by atoms with Gasteiger partial charge in [-0.05, 0) is 24.3 Å². The van der Waals surface area contributed by atoms with Gasteiger partial charge < -0.3 is 24.6 Å². The molecule has 4 heterocycles. The van der Waals surface area contributed by atoms with Gasteiger partial charge in [0.25, 0.3) is 0 Å². The monoisotopic (exact) mass is 507 g/mol. The number of benzene rings is 1. The van der Waals surface area contributed by atoms with Crippen molar-refractivity contribution in [1.29, 1.82) is 0 Å². The molecule has 186 valence electrons.